The van der Waals surface area contributed by atoms with Crippen molar-refractivity contribution in [2.75, 3.05) is 5.73 Å². The molecule has 1 saturated heterocycles. The molecular formula is C22H40N4O7SSi2. The molecule has 0 amide bonds. The molecule has 2 aliphatic rings. The molecule has 0 bridgehead atoms. The highest BCUT2D eigenvalue weighted by Crippen LogP contribution is 2.53. The van der Waals surface area contributed by atoms with E-state index in [0.29, 0.717) is 0 Å². The molecule has 204 valence electrons. The fourth-order valence-corrected chi connectivity index (χ4v) is 7.17. The summed E-state index contributed by atoms with van der Waals surface area (Å²) in [6, 6.07) is 1.45. The van der Waals surface area contributed by atoms with Crippen LogP contribution in [0.25, 0.3) is 0 Å². The molecule has 0 radical (unpaired) electrons. The summed E-state index contributed by atoms with van der Waals surface area (Å²) in [4.78, 5) is 16.7. The van der Waals surface area contributed by atoms with Gasteiger partial charge in [-0.3, -0.25) is 4.57 Å². The Morgan fingerprint density at radius 1 is 1.03 bits per heavy atom. The number of anilines is 1. The van der Waals surface area contributed by atoms with Crippen LogP contribution in [-0.4, -0.2) is 52.6 Å². The van der Waals surface area contributed by atoms with E-state index in [9.17, 15) is 13.2 Å². The zero-order chi connectivity index (χ0) is 27.7. The molecule has 0 aliphatic carbocycles. The Morgan fingerprint density at radius 2 is 1.56 bits per heavy atom. The van der Waals surface area contributed by atoms with Gasteiger partial charge < -0.3 is 25.1 Å². The molecule has 36 heavy (non-hydrogen) atoms. The van der Waals surface area contributed by atoms with Gasteiger partial charge in [0, 0.05) is 6.20 Å². The van der Waals surface area contributed by atoms with Gasteiger partial charge in [0.05, 0.1) is 11.1 Å². The molecule has 4 atom stereocenters. The van der Waals surface area contributed by atoms with E-state index in [4.69, 9.17) is 29.2 Å². The lowest BCUT2D eigenvalue weighted by Gasteiger charge is -2.44. The van der Waals surface area contributed by atoms with Crippen LogP contribution in [0.1, 0.15) is 47.8 Å². The van der Waals surface area contributed by atoms with E-state index in [0.717, 1.165) is 5.41 Å². The SMILES string of the molecule is CC(C)(C)[Si](C)(C)O[C@H]1O[C@@H](n2ccc(N)nc2=O)[C@H](O[Si](C)(C)C(C)(C)C)C12OS(=O)(=O)C=C2N. The Balaban J connectivity index is 2.27. The molecular weight excluding hydrogens is 521 g/mol. The van der Waals surface area contributed by atoms with Gasteiger partial charge in [-0.15, -0.1) is 0 Å². The third-order valence-electron chi connectivity index (χ3n) is 7.83. The van der Waals surface area contributed by atoms with Crippen molar-refractivity contribution >= 4 is 32.6 Å². The predicted octanol–water partition coefficient (Wildman–Crippen LogP) is 2.99. The fourth-order valence-electron chi connectivity index (χ4n) is 3.57. The quantitative estimate of drug-likeness (QED) is 0.405. The number of rotatable bonds is 5. The van der Waals surface area contributed by atoms with Crippen LogP contribution in [0.4, 0.5) is 5.82 Å². The van der Waals surface area contributed by atoms with Crippen molar-refractivity contribution < 1.29 is 26.2 Å². The fraction of sp³-hybridized carbons (Fsp3) is 0.727. The van der Waals surface area contributed by atoms with Gasteiger partial charge in [0.15, 0.2) is 29.2 Å². The van der Waals surface area contributed by atoms with E-state index in [1.165, 1.54) is 16.8 Å². The number of aromatic nitrogens is 2. The summed E-state index contributed by atoms with van der Waals surface area (Å²) in [5, 5.41) is 0.352. The normalized spacial score (nSPS) is 29.1. The summed E-state index contributed by atoms with van der Waals surface area (Å²) in [6.45, 7) is 20.3. The average molecular weight is 561 g/mol. The van der Waals surface area contributed by atoms with E-state index < -0.39 is 56.7 Å². The number of ether oxygens (including phenoxy) is 1. The van der Waals surface area contributed by atoms with Crippen molar-refractivity contribution in [1.29, 1.82) is 0 Å². The molecule has 0 aromatic carbocycles. The molecule has 1 spiro atoms. The summed E-state index contributed by atoms with van der Waals surface area (Å²) >= 11 is 0. The van der Waals surface area contributed by atoms with Gasteiger partial charge in [-0.2, -0.15) is 13.4 Å². The van der Waals surface area contributed by atoms with Crippen LogP contribution in [0.15, 0.2) is 28.2 Å². The Labute approximate surface area is 215 Å². The van der Waals surface area contributed by atoms with Gasteiger partial charge in [-0.05, 0) is 42.3 Å². The van der Waals surface area contributed by atoms with Gasteiger partial charge in [-0.1, -0.05) is 41.5 Å². The molecule has 4 N–H and O–H groups in total. The summed E-state index contributed by atoms with van der Waals surface area (Å²) < 4.78 is 52.2. The van der Waals surface area contributed by atoms with E-state index in [1.54, 1.807) is 0 Å². The third-order valence-corrected chi connectivity index (χ3v) is 17.8. The maximum absolute atomic E-state index is 12.9. The first kappa shape index (κ1) is 29.0. The molecule has 3 rings (SSSR count). The summed E-state index contributed by atoms with van der Waals surface area (Å²) in [5.41, 5.74) is 9.50. The van der Waals surface area contributed by atoms with Crippen LogP contribution in [0.5, 0.6) is 0 Å². The minimum absolute atomic E-state index is 0.0407. The third kappa shape index (κ3) is 4.96. The topological polar surface area (TPSA) is 158 Å². The van der Waals surface area contributed by atoms with Crippen LogP contribution < -0.4 is 17.2 Å². The lowest BCUT2D eigenvalue weighted by molar-refractivity contribution is -0.147. The van der Waals surface area contributed by atoms with Crippen LogP contribution >= 0.6 is 0 Å². The van der Waals surface area contributed by atoms with Crippen LogP contribution in [-0.2, 0) is 27.9 Å². The monoisotopic (exact) mass is 560 g/mol. The largest absolute Gasteiger partial charge is 0.406 e. The second kappa shape index (κ2) is 8.75. The number of hydrogen-bond donors (Lipinski definition) is 2. The van der Waals surface area contributed by atoms with Crippen LogP contribution in [0.2, 0.25) is 36.3 Å². The Hall–Kier alpha value is -1.56. The lowest BCUT2D eigenvalue weighted by atomic mass is 9.94. The van der Waals surface area contributed by atoms with Gasteiger partial charge in [0.2, 0.25) is 5.60 Å². The summed E-state index contributed by atoms with van der Waals surface area (Å²) in [5.74, 6) is 0.0407. The number of nitrogen functional groups attached to an aromatic ring is 1. The summed E-state index contributed by atoms with van der Waals surface area (Å²) in [7, 11) is -9.35. The minimum Gasteiger partial charge on any atom is -0.406 e. The van der Waals surface area contributed by atoms with E-state index in [2.05, 4.69) is 4.98 Å². The molecule has 3 heterocycles. The van der Waals surface area contributed by atoms with Crippen molar-refractivity contribution in [3.63, 3.8) is 0 Å². The molecule has 2 aliphatic heterocycles. The van der Waals surface area contributed by atoms with E-state index in [1.807, 2.05) is 67.7 Å². The Morgan fingerprint density at radius 3 is 2.00 bits per heavy atom. The molecule has 1 aromatic heterocycles. The second-order valence-electron chi connectivity index (χ2n) is 12.5. The van der Waals surface area contributed by atoms with Gasteiger partial charge in [0.1, 0.15) is 11.9 Å². The predicted molar refractivity (Wildman–Crippen MR) is 142 cm³/mol. The number of hydrogen-bond acceptors (Lipinski definition) is 10. The molecule has 0 saturated carbocycles. The zero-order valence-corrected chi connectivity index (χ0v) is 25.6. The van der Waals surface area contributed by atoms with Gasteiger partial charge >= 0.3 is 5.69 Å². The zero-order valence-electron chi connectivity index (χ0n) is 22.8. The van der Waals surface area contributed by atoms with Gasteiger partial charge in [-0.25, -0.2) is 8.98 Å². The average Bonchev–Trinajstić information content (AvgIpc) is 3.06. The molecule has 1 unspecified atom stereocenters. The first-order valence-corrected chi connectivity index (χ1v) is 19.1. The first-order valence-electron chi connectivity index (χ1n) is 11.8. The van der Waals surface area contributed by atoms with Crippen molar-refractivity contribution in [2.24, 2.45) is 5.73 Å². The maximum atomic E-state index is 12.9. The molecule has 14 heteroatoms. The maximum Gasteiger partial charge on any atom is 0.351 e. The van der Waals surface area contributed by atoms with Crippen LogP contribution in [0, 0.1) is 0 Å². The van der Waals surface area contributed by atoms with Crippen molar-refractivity contribution in [3.8, 4) is 0 Å². The minimum atomic E-state index is -4.18. The smallest absolute Gasteiger partial charge is 0.351 e. The standard InChI is InChI=1S/C22H40N4O7SSi2/c1-20(2,3)35(7,8)31-16-17(26-12-11-15(24)25-19(26)27)30-18(32-36(9,10)21(4,5)6)22(16)14(23)13-34(28,29)33-22/h11-13,16-18H,23H2,1-10H3,(H2,24,25,27)/t16-,17+,18+,22?/m0/s1. The summed E-state index contributed by atoms with van der Waals surface area (Å²) in [6.07, 6.45) is -2.11. The Bertz CT molecular complexity index is 1220. The first-order chi connectivity index (χ1) is 16.0. The number of nitrogens with zero attached hydrogens (tertiary/aromatic N) is 2. The molecule has 1 aromatic rings. The second-order valence-corrected chi connectivity index (χ2v) is 23.4. The van der Waals surface area contributed by atoms with Crippen molar-refractivity contribution in [2.45, 2.75) is 102 Å². The highest BCUT2D eigenvalue weighted by Gasteiger charge is 2.69. The van der Waals surface area contributed by atoms with Crippen LogP contribution in [0.3, 0.4) is 0 Å². The number of nitrogens with two attached hydrogens (primary N) is 2. The van der Waals surface area contributed by atoms with E-state index >= 15 is 0 Å². The molecule has 11 nitrogen and oxygen atoms in total. The highest BCUT2D eigenvalue weighted by atomic mass is 32.2. The van der Waals surface area contributed by atoms with E-state index in [-0.39, 0.29) is 21.6 Å². The lowest BCUT2D eigenvalue weighted by Crippen LogP contribution is -2.60. The van der Waals surface area contributed by atoms with Gasteiger partial charge in [0.25, 0.3) is 10.1 Å². The Kier molecular flexibility index (Phi) is 7.05. The molecule has 1 fully saturated rings. The van der Waals surface area contributed by atoms with Crippen molar-refractivity contribution in [1.82, 2.24) is 9.55 Å². The highest BCUT2D eigenvalue weighted by molar-refractivity contribution is 7.90. The van der Waals surface area contributed by atoms with Crippen molar-refractivity contribution in [3.05, 3.63) is 33.9 Å².